The van der Waals surface area contributed by atoms with Gasteiger partial charge in [0.1, 0.15) is 6.04 Å². The van der Waals surface area contributed by atoms with Crippen LogP contribution in [0.25, 0.3) is 0 Å². The van der Waals surface area contributed by atoms with Crippen molar-refractivity contribution in [2.45, 2.75) is 25.4 Å². The molecule has 21 heavy (non-hydrogen) atoms. The van der Waals surface area contributed by atoms with Crippen LogP contribution in [0, 0.1) is 0 Å². The van der Waals surface area contributed by atoms with Crippen molar-refractivity contribution in [1.29, 1.82) is 0 Å². The molecule has 0 spiro atoms. The van der Waals surface area contributed by atoms with E-state index in [-0.39, 0.29) is 35.0 Å². The Labute approximate surface area is 127 Å². The van der Waals surface area contributed by atoms with Crippen LogP contribution < -0.4 is 10.6 Å². The molecule has 0 aliphatic carbocycles. The number of carbonyl (C=O) groups is 3. The van der Waals surface area contributed by atoms with Gasteiger partial charge in [0, 0.05) is 18.7 Å². The molecule has 1 rings (SSSR count). The summed E-state index contributed by atoms with van der Waals surface area (Å²) >= 11 is 1.07. The summed E-state index contributed by atoms with van der Waals surface area (Å²) in [5.41, 5.74) is 0. The molecule has 0 aromatic rings. The summed E-state index contributed by atoms with van der Waals surface area (Å²) in [6.45, 7) is 1.22. The molecular formula is C11H18N2O6S2. The molecule has 3 N–H and O–H groups in total. The highest BCUT2D eigenvalue weighted by molar-refractivity contribution is 8.00. The fraction of sp³-hybridized carbons (Fsp3) is 0.727. The van der Waals surface area contributed by atoms with E-state index in [4.69, 9.17) is 5.11 Å². The van der Waals surface area contributed by atoms with Crippen molar-refractivity contribution in [2.24, 2.45) is 0 Å². The van der Waals surface area contributed by atoms with Crippen LogP contribution in [0.5, 0.6) is 0 Å². The number of carboxylic acid groups (broad SMARTS) is 1. The van der Waals surface area contributed by atoms with Crippen molar-refractivity contribution in [2.75, 3.05) is 23.0 Å². The highest BCUT2D eigenvalue weighted by Gasteiger charge is 2.28. The lowest BCUT2D eigenvalue weighted by atomic mass is 10.3. The topological polar surface area (TPSA) is 130 Å². The molecule has 8 nitrogen and oxygen atoms in total. The largest absolute Gasteiger partial charge is 0.480 e. The lowest BCUT2D eigenvalue weighted by Crippen LogP contribution is -2.42. The molecule has 1 aliphatic rings. The van der Waals surface area contributed by atoms with E-state index in [2.05, 4.69) is 10.6 Å². The first-order valence-corrected chi connectivity index (χ1v) is 9.24. The molecule has 2 amide bonds. The number of thioether (sulfide) groups is 1. The Morgan fingerprint density at radius 1 is 1.38 bits per heavy atom. The Bertz CT molecular complexity index is 519. The average molecular weight is 338 g/mol. The normalized spacial score (nSPS) is 21.5. The van der Waals surface area contributed by atoms with Crippen molar-refractivity contribution in [3.05, 3.63) is 0 Å². The van der Waals surface area contributed by atoms with Gasteiger partial charge in [0.25, 0.3) is 0 Å². The second-order valence-electron chi connectivity index (χ2n) is 4.77. The molecule has 10 heteroatoms. The number of carbonyl (C=O) groups excluding carboxylic acids is 2. The van der Waals surface area contributed by atoms with Gasteiger partial charge in [-0.25, -0.2) is 13.2 Å². The van der Waals surface area contributed by atoms with E-state index in [1.54, 1.807) is 0 Å². The van der Waals surface area contributed by atoms with Crippen molar-refractivity contribution >= 4 is 39.4 Å². The maximum absolute atomic E-state index is 11.6. The predicted octanol–water partition coefficient (Wildman–Crippen LogP) is -1.39. The number of hydrogen-bond donors (Lipinski definition) is 3. The fourth-order valence-electron chi connectivity index (χ4n) is 1.87. The first-order chi connectivity index (χ1) is 9.69. The maximum Gasteiger partial charge on any atom is 0.327 e. The smallest absolute Gasteiger partial charge is 0.327 e. The van der Waals surface area contributed by atoms with E-state index >= 15 is 0 Å². The molecule has 1 aliphatic heterocycles. The second kappa shape index (κ2) is 7.64. The SMILES string of the molecule is CC(=O)NC(CSCC(=O)NC1CCS(=O)(=O)C1)C(=O)O. The van der Waals surface area contributed by atoms with Crippen LogP contribution in [0.4, 0.5) is 0 Å². The molecule has 0 saturated carbocycles. The van der Waals surface area contributed by atoms with Gasteiger partial charge >= 0.3 is 5.97 Å². The lowest BCUT2D eigenvalue weighted by molar-refractivity contribution is -0.140. The summed E-state index contributed by atoms with van der Waals surface area (Å²) in [5.74, 6) is -1.86. The van der Waals surface area contributed by atoms with Gasteiger partial charge in [0.15, 0.2) is 9.84 Å². The van der Waals surface area contributed by atoms with E-state index in [1.807, 2.05) is 0 Å². The van der Waals surface area contributed by atoms with Gasteiger partial charge in [-0.05, 0) is 6.42 Å². The fourth-order valence-corrected chi connectivity index (χ4v) is 4.39. The third-order valence-electron chi connectivity index (χ3n) is 2.79. The summed E-state index contributed by atoms with van der Waals surface area (Å²) < 4.78 is 22.5. The Balaban J connectivity index is 2.29. The highest BCUT2D eigenvalue weighted by Crippen LogP contribution is 2.11. The summed E-state index contributed by atoms with van der Waals surface area (Å²) in [6, 6.07) is -1.42. The van der Waals surface area contributed by atoms with Gasteiger partial charge in [0.05, 0.1) is 17.3 Å². The number of carboxylic acids is 1. The zero-order valence-electron chi connectivity index (χ0n) is 11.5. The first kappa shape index (κ1) is 17.8. The van der Waals surface area contributed by atoms with E-state index in [0.717, 1.165) is 11.8 Å². The van der Waals surface area contributed by atoms with E-state index in [9.17, 15) is 22.8 Å². The number of rotatable bonds is 7. The van der Waals surface area contributed by atoms with Gasteiger partial charge in [-0.15, -0.1) is 11.8 Å². The lowest BCUT2D eigenvalue weighted by Gasteiger charge is -2.13. The van der Waals surface area contributed by atoms with Crippen molar-refractivity contribution in [1.82, 2.24) is 10.6 Å². The van der Waals surface area contributed by atoms with Gasteiger partial charge in [-0.1, -0.05) is 0 Å². The second-order valence-corrected chi connectivity index (χ2v) is 8.03. The Hall–Kier alpha value is -1.29. The van der Waals surface area contributed by atoms with Crippen LogP contribution in [-0.2, 0) is 24.2 Å². The van der Waals surface area contributed by atoms with Crippen LogP contribution in [-0.4, -0.2) is 66.4 Å². The molecule has 1 heterocycles. The minimum atomic E-state index is -3.05. The molecule has 1 fully saturated rings. The minimum Gasteiger partial charge on any atom is -0.480 e. The van der Waals surface area contributed by atoms with Crippen LogP contribution in [0.15, 0.2) is 0 Å². The summed E-state index contributed by atoms with van der Waals surface area (Å²) in [5, 5.41) is 13.8. The van der Waals surface area contributed by atoms with Gasteiger partial charge in [-0.3, -0.25) is 9.59 Å². The van der Waals surface area contributed by atoms with Gasteiger partial charge in [-0.2, -0.15) is 0 Å². The van der Waals surface area contributed by atoms with Crippen molar-refractivity contribution in [3.63, 3.8) is 0 Å². The number of amides is 2. The molecule has 0 radical (unpaired) electrons. The predicted molar refractivity (Wildman–Crippen MR) is 77.8 cm³/mol. The maximum atomic E-state index is 11.6. The number of hydrogen-bond acceptors (Lipinski definition) is 6. The quantitative estimate of drug-likeness (QED) is 0.521. The van der Waals surface area contributed by atoms with Crippen molar-refractivity contribution in [3.8, 4) is 0 Å². The molecule has 0 aromatic carbocycles. The average Bonchev–Trinajstić information content (AvgIpc) is 2.66. The molecule has 0 aromatic heterocycles. The monoisotopic (exact) mass is 338 g/mol. The van der Waals surface area contributed by atoms with Crippen LogP contribution in [0.3, 0.4) is 0 Å². The Kier molecular flexibility index (Phi) is 6.46. The number of sulfone groups is 1. The molecule has 2 unspecified atom stereocenters. The molecule has 120 valence electrons. The molecule has 2 atom stereocenters. The van der Waals surface area contributed by atoms with Gasteiger partial charge in [0.2, 0.25) is 11.8 Å². The van der Waals surface area contributed by atoms with Crippen LogP contribution in [0.2, 0.25) is 0 Å². The third kappa shape index (κ3) is 6.80. The molecular weight excluding hydrogens is 320 g/mol. The number of nitrogens with one attached hydrogen (secondary N) is 2. The summed E-state index contributed by atoms with van der Waals surface area (Å²) in [6.07, 6.45) is 0.405. The first-order valence-electron chi connectivity index (χ1n) is 6.27. The zero-order chi connectivity index (χ0) is 16.0. The highest BCUT2D eigenvalue weighted by atomic mass is 32.2. The minimum absolute atomic E-state index is 0.0138. The van der Waals surface area contributed by atoms with Crippen molar-refractivity contribution < 1.29 is 27.9 Å². The van der Waals surface area contributed by atoms with E-state index in [0.29, 0.717) is 6.42 Å². The standard InChI is InChI=1S/C11H18N2O6S2/c1-7(14)12-9(11(16)17)4-20-5-10(15)13-8-2-3-21(18,19)6-8/h8-9H,2-6H2,1H3,(H,12,14)(H,13,15)(H,16,17). The summed E-state index contributed by atoms with van der Waals surface area (Å²) in [4.78, 5) is 33.3. The van der Waals surface area contributed by atoms with E-state index in [1.165, 1.54) is 6.92 Å². The Morgan fingerprint density at radius 2 is 2.05 bits per heavy atom. The Morgan fingerprint density at radius 3 is 2.52 bits per heavy atom. The van der Waals surface area contributed by atoms with Gasteiger partial charge < -0.3 is 15.7 Å². The van der Waals surface area contributed by atoms with E-state index < -0.39 is 27.8 Å². The zero-order valence-corrected chi connectivity index (χ0v) is 13.1. The third-order valence-corrected chi connectivity index (χ3v) is 5.59. The molecule has 1 saturated heterocycles. The molecule has 0 bridgehead atoms. The van der Waals surface area contributed by atoms with Crippen LogP contribution in [0.1, 0.15) is 13.3 Å². The summed E-state index contributed by atoms with van der Waals surface area (Å²) in [7, 11) is -3.05. The number of aliphatic carboxylic acids is 1. The van der Waals surface area contributed by atoms with Crippen LogP contribution >= 0.6 is 11.8 Å².